The average molecular weight is 512 g/mol. The van der Waals surface area contributed by atoms with E-state index in [2.05, 4.69) is 15.1 Å². The first-order chi connectivity index (χ1) is 18.2. The molecule has 1 fully saturated rings. The van der Waals surface area contributed by atoms with Gasteiger partial charge in [0.05, 0.1) is 17.5 Å². The van der Waals surface area contributed by atoms with Crippen LogP contribution in [-0.2, 0) is 6.42 Å². The maximum atomic E-state index is 13.5. The van der Waals surface area contributed by atoms with Gasteiger partial charge in [-0.2, -0.15) is 5.10 Å². The van der Waals surface area contributed by atoms with Gasteiger partial charge in [-0.05, 0) is 62.8 Å². The van der Waals surface area contributed by atoms with Crippen LogP contribution in [0.1, 0.15) is 76.1 Å². The minimum absolute atomic E-state index is 0.0707. The molecule has 0 saturated carbocycles. The van der Waals surface area contributed by atoms with Gasteiger partial charge in [0.15, 0.2) is 5.78 Å². The summed E-state index contributed by atoms with van der Waals surface area (Å²) in [5, 5.41) is 14.5. The second-order valence-electron chi connectivity index (χ2n) is 10.8. The Hall–Kier alpha value is -4.27. The number of fused-ring (bicyclic) bond motifs is 2. The van der Waals surface area contributed by atoms with E-state index in [1.165, 1.54) is 0 Å². The average Bonchev–Trinajstić information content (AvgIpc) is 3.53. The molecule has 0 unspecified atom stereocenters. The van der Waals surface area contributed by atoms with Crippen molar-refractivity contribution in [2.75, 3.05) is 13.1 Å². The van der Waals surface area contributed by atoms with Crippen LogP contribution in [0.2, 0.25) is 0 Å². The van der Waals surface area contributed by atoms with E-state index < -0.39 is 5.97 Å². The first kappa shape index (κ1) is 24.1. The summed E-state index contributed by atoms with van der Waals surface area (Å²) < 4.78 is 1.84. The number of rotatable bonds is 4. The van der Waals surface area contributed by atoms with Crippen LogP contribution in [0, 0.1) is 5.41 Å². The van der Waals surface area contributed by atoms with Crippen LogP contribution in [0.3, 0.4) is 0 Å². The predicted octanol–water partition coefficient (Wildman–Crippen LogP) is 4.76. The third kappa shape index (κ3) is 3.98. The molecule has 9 nitrogen and oxygen atoms in total. The van der Waals surface area contributed by atoms with E-state index in [4.69, 9.17) is 0 Å². The zero-order valence-corrected chi connectivity index (χ0v) is 21.4. The Balaban J connectivity index is 1.20. The van der Waals surface area contributed by atoms with E-state index in [9.17, 15) is 19.5 Å². The van der Waals surface area contributed by atoms with Crippen molar-refractivity contribution < 1.29 is 19.5 Å². The molecule has 194 valence electrons. The van der Waals surface area contributed by atoms with Crippen LogP contribution >= 0.6 is 0 Å². The van der Waals surface area contributed by atoms with Gasteiger partial charge in [0.1, 0.15) is 11.4 Å². The summed E-state index contributed by atoms with van der Waals surface area (Å²) in [4.78, 5) is 47.4. The lowest BCUT2D eigenvalue weighted by Crippen LogP contribution is -2.46. The van der Waals surface area contributed by atoms with Crippen molar-refractivity contribution in [3.8, 4) is 11.3 Å². The third-order valence-corrected chi connectivity index (χ3v) is 8.02. The molecular formula is C29H29N5O4. The van der Waals surface area contributed by atoms with Crippen LogP contribution in [0.25, 0.3) is 22.2 Å². The molecule has 0 bridgehead atoms. The van der Waals surface area contributed by atoms with Gasteiger partial charge >= 0.3 is 5.97 Å². The second kappa shape index (κ2) is 8.93. The van der Waals surface area contributed by atoms with Gasteiger partial charge in [-0.1, -0.05) is 12.1 Å². The number of carbonyl (C=O) groups excluding carboxylic acids is 2. The SMILES string of the molecule is CC(C)n1ncc2c1C(=O)CC1(CCN(C(=O)c3cc4c(-c5ccc(C(=O)O)cc5)nccc4[nH]3)CC1)C2. The number of likely N-dealkylation sites (tertiary alicyclic amines) is 1. The van der Waals surface area contributed by atoms with Gasteiger partial charge in [-0.3, -0.25) is 19.3 Å². The Bertz CT molecular complexity index is 1570. The van der Waals surface area contributed by atoms with E-state index in [-0.39, 0.29) is 28.7 Å². The Morgan fingerprint density at radius 1 is 1.08 bits per heavy atom. The number of carbonyl (C=O) groups is 3. The molecule has 1 spiro atoms. The van der Waals surface area contributed by atoms with Gasteiger partial charge in [0.25, 0.3) is 5.91 Å². The van der Waals surface area contributed by atoms with Gasteiger partial charge in [0, 0.05) is 53.8 Å². The predicted molar refractivity (Wildman–Crippen MR) is 141 cm³/mol. The number of nitrogens with zero attached hydrogens (tertiary/aromatic N) is 4. The molecule has 2 aliphatic rings. The molecule has 9 heteroatoms. The number of Topliss-reactive ketones (excluding diaryl/α,β-unsaturated/α-hetero) is 1. The number of hydrogen-bond acceptors (Lipinski definition) is 5. The highest BCUT2D eigenvalue weighted by Gasteiger charge is 2.43. The third-order valence-electron chi connectivity index (χ3n) is 8.02. The van der Waals surface area contributed by atoms with Crippen LogP contribution < -0.4 is 0 Å². The topological polar surface area (TPSA) is 121 Å². The van der Waals surface area contributed by atoms with Crippen molar-refractivity contribution in [2.24, 2.45) is 5.41 Å². The van der Waals surface area contributed by atoms with Gasteiger partial charge in [-0.15, -0.1) is 0 Å². The second-order valence-corrected chi connectivity index (χ2v) is 10.8. The Labute approximate surface area is 219 Å². The number of aromatic carboxylic acids is 1. The number of piperidine rings is 1. The highest BCUT2D eigenvalue weighted by molar-refractivity contribution is 6.02. The molecule has 2 N–H and O–H groups in total. The number of aromatic nitrogens is 4. The van der Waals surface area contributed by atoms with Gasteiger partial charge in [0.2, 0.25) is 0 Å². The summed E-state index contributed by atoms with van der Waals surface area (Å²) in [5.41, 5.74) is 4.62. The lowest BCUT2D eigenvalue weighted by molar-refractivity contribution is 0.0513. The number of hydrogen-bond donors (Lipinski definition) is 2. The smallest absolute Gasteiger partial charge is 0.335 e. The summed E-state index contributed by atoms with van der Waals surface area (Å²) >= 11 is 0. The van der Waals surface area contributed by atoms with E-state index in [0.717, 1.165) is 47.0 Å². The molecular weight excluding hydrogens is 482 g/mol. The molecule has 38 heavy (non-hydrogen) atoms. The monoisotopic (exact) mass is 511 g/mol. The minimum Gasteiger partial charge on any atom is -0.478 e. The number of carboxylic acid groups (broad SMARTS) is 1. The Kier molecular flexibility index (Phi) is 5.66. The zero-order chi connectivity index (χ0) is 26.6. The number of pyridine rings is 1. The molecule has 1 aromatic carbocycles. The summed E-state index contributed by atoms with van der Waals surface area (Å²) in [6.45, 7) is 5.26. The molecule has 0 radical (unpaired) electrons. The molecule has 4 heterocycles. The minimum atomic E-state index is -0.982. The highest BCUT2D eigenvalue weighted by Crippen LogP contribution is 2.44. The number of aromatic amines is 1. The fraction of sp³-hybridized carbons (Fsp3) is 0.345. The maximum Gasteiger partial charge on any atom is 0.335 e. The first-order valence-corrected chi connectivity index (χ1v) is 12.9. The Morgan fingerprint density at radius 3 is 2.50 bits per heavy atom. The number of amides is 1. The molecule has 1 aliphatic carbocycles. The van der Waals surface area contributed by atoms with Crippen LogP contribution in [0.5, 0.6) is 0 Å². The summed E-state index contributed by atoms with van der Waals surface area (Å²) in [5.74, 6) is -0.896. The molecule has 1 saturated heterocycles. The van der Waals surface area contributed by atoms with Crippen molar-refractivity contribution in [3.63, 3.8) is 0 Å². The van der Waals surface area contributed by atoms with Crippen molar-refractivity contribution in [3.05, 3.63) is 71.3 Å². The molecule has 3 aromatic heterocycles. The van der Waals surface area contributed by atoms with Crippen molar-refractivity contribution in [1.29, 1.82) is 0 Å². The van der Waals surface area contributed by atoms with Crippen molar-refractivity contribution in [1.82, 2.24) is 24.6 Å². The zero-order valence-electron chi connectivity index (χ0n) is 21.4. The number of nitrogens with one attached hydrogen (secondary N) is 1. The quantitative estimate of drug-likeness (QED) is 0.408. The van der Waals surface area contributed by atoms with Crippen LogP contribution in [0.15, 0.2) is 48.8 Å². The fourth-order valence-corrected chi connectivity index (χ4v) is 5.99. The standard InChI is InChI=1S/C29H29N5O4/c1-17(2)34-26-20(16-31-34)14-29(15-24(26)35)8-11-33(12-9-29)27(36)23-13-21-22(32-23)7-10-30-25(21)18-3-5-19(6-4-18)28(37)38/h3-7,10,13,16-17,32H,8-9,11-12,14-15H2,1-2H3,(H,37,38). The van der Waals surface area contributed by atoms with Gasteiger partial charge in [-0.25, -0.2) is 4.79 Å². The van der Waals surface area contributed by atoms with Gasteiger partial charge < -0.3 is 15.0 Å². The first-order valence-electron chi connectivity index (χ1n) is 12.9. The summed E-state index contributed by atoms with van der Waals surface area (Å²) in [6.07, 6.45) is 6.40. The maximum absolute atomic E-state index is 13.5. The molecule has 1 amide bonds. The highest BCUT2D eigenvalue weighted by atomic mass is 16.4. The number of carboxylic acids is 1. The number of H-pyrrole nitrogens is 1. The van der Waals surface area contributed by atoms with E-state index in [1.807, 2.05) is 41.8 Å². The number of benzene rings is 1. The van der Waals surface area contributed by atoms with Crippen molar-refractivity contribution >= 4 is 28.6 Å². The van der Waals surface area contributed by atoms with E-state index in [1.54, 1.807) is 30.5 Å². The summed E-state index contributed by atoms with van der Waals surface area (Å²) in [7, 11) is 0. The lowest BCUT2D eigenvalue weighted by Gasteiger charge is -2.43. The van der Waals surface area contributed by atoms with E-state index >= 15 is 0 Å². The summed E-state index contributed by atoms with van der Waals surface area (Å²) in [6, 6.07) is 10.4. The van der Waals surface area contributed by atoms with E-state index in [0.29, 0.717) is 30.9 Å². The lowest BCUT2D eigenvalue weighted by atomic mass is 9.67. The molecule has 0 atom stereocenters. The van der Waals surface area contributed by atoms with Crippen LogP contribution in [-0.4, -0.2) is 60.5 Å². The Morgan fingerprint density at radius 2 is 1.82 bits per heavy atom. The largest absolute Gasteiger partial charge is 0.478 e. The molecule has 4 aromatic rings. The van der Waals surface area contributed by atoms with Crippen molar-refractivity contribution in [2.45, 2.75) is 45.6 Å². The molecule has 6 rings (SSSR count). The van der Waals surface area contributed by atoms with Crippen LogP contribution in [0.4, 0.5) is 0 Å². The molecule has 1 aliphatic heterocycles. The fourth-order valence-electron chi connectivity index (χ4n) is 5.99. The number of ketones is 1. The normalized spacial score (nSPS) is 16.8.